The molecule has 0 amide bonds. The highest BCUT2D eigenvalue weighted by molar-refractivity contribution is 8.04. The highest BCUT2D eigenvalue weighted by Crippen LogP contribution is 2.48. The second-order valence-corrected chi connectivity index (χ2v) is 10.4. The number of methoxy groups -OCH3 is 1. The normalized spacial score (nSPS) is 13.5. The van der Waals surface area contributed by atoms with Crippen LogP contribution in [0.2, 0.25) is 0 Å². The van der Waals surface area contributed by atoms with Gasteiger partial charge in [-0.15, -0.1) is 0 Å². The number of fused-ring (bicyclic) bond motifs is 2. The zero-order valence-electron chi connectivity index (χ0n) is 15.7. The van der Waals surface area contributed by atoms with Gasteiger partial charge < -0.3 is 9.29 Å². The average Bonchev–Trinajstić information content (AvgIpc) is 2.71. The minimum Gasteiger partial charge on any atom is -0.741 e. The molecule has 3 aromatic carbocycles. The maximum absolute atomic E-state index is 14.2. The molecule has 0 unspecified atom stereocenters. The van der Waals surface area contributed by atoms with Crippen LogP contribution in [-0.4, -0.2) is 25.6 Å². The molecular formula is C20H14F4O4S3. The van der Waals surface area contributed by atoms with Crippen molar-refractivity contribution in [1.29, 1.82) is 0 Å². The molecule has 0 saturated carbocycles. The quantitative estimate of drug-likeness (QED) is 0.162. The number of rotatable bonds is 2. The summed E-state index contributed by atoms with van der Waals surface area (Å²) in [6.07, 6.45) is 0. The van der Waals surface area contributed by atoms with Crippen LogP contribution in [0.3, 0.4) is 0 Å². The van der Waals surface area contributed by atoms with E-state index in [0.29, 0.717) is 0 Å². The Balaban J connectivity index is 0.000000293. The summed E-state index contributed by atoms with van der Waals surface area (Å²) in [6.45, 7) is 0. The zero-order valence-corrected chi connectivity index (χ0v) is 18.2. The highest BCUT2D eigenvalue weighted by Gasteiger charge is 2.38. The van der Waals surface area contributed by atoms with Crippen molar-refractivity contribution in [3.63, 3.8) is 0 Å². The van der Waals surface area contributed by atoms with Crippen LogP contribution < -0.4 is 4.74 Å². The predicted octanol–water partition coefficient (Wildman–Crippen LogP) is 5.45. The summed E-state index contributed by atoms with van der Waals surface area (Å²) in [4.78, 5) is 5.96. The van der Waals surface area contributed by atoms with Crippen LogP contribution in [-0.2, 0) is 21.0 Å². The summed E-state index contributed by atoms with van der Waals surface area (Å²) < 4.78 is 78.2. The first-order chi connectivity index (χ1) is 14.5. The fourth-order valence-corrected chi connectivity index (χ4v) is 6.43. The summed E-state index contributed by atoms with van der Waals surface area (Å²) in [5, 5.41) is 0. The van der Waals surface area contributed by atoms with Crippen molar-refractivity contribution in [3.05, 3.63) is 72.5 Å². The Labute approximate surface area is 183 Å². The van der Waals surface area contributed by atoms with Crippen LogP contribution in [0.4, 0.5) is 17.6 Å². The topological polar surface area (TPSA) is 66.4 Å². The van der Waals surface area contributed by atoms with Crippen molar-refractivity contribution in [1.82, 2.24) is 0 Å². The molecular weight excluding hydrogens is 476 g/mol. The third kappa shape index (κ3) is 5.17. The minimum absolute atomic E-state index is 0.283. The Morgan fingerprint density at radius 1 is 0.935 bits per heavy atom. The monoisotopic (exact) mass is 490 g/mol. The van der Waals surface area contributed by atoms with E-state index < -0.39 is 15.6 Å². The molecule has 0 saturated heterocycles. The molecule has 4 rings (SSSR count). The summed E-state index contributed by atoms with van der Waals surface area (Å²) in [6, 6.07) is 22.0. The Bertz CT molecular complexity index is 1150. The first-order valence-corrected chi connectivity index (χ1v) is 11.9. The lowest BCUT2D eigenvalue weighted by atomic mass is 10.3. The number of alkyl halides is 3. The van der Waals surface area contributed by atoms with Crippen LogP contribution in [0.25, 0.3) is 0 Å². The van der Waals surface area contributed by atoms with Crippen molar-refractivity contribution in [2.24, 2.45) is 0 Å². The van der Waals surface area contributed by atoms with E-state index in [-0.39, 0.29) is 22.5 Å². The predicted molar refractivity (Wildman–Crippen MR) is 108 cm³/mol. The van der Waals surface area contributed by atoms with Crippen molar-refractivity contribution in [3.8, 4) is 5.75 Å². The van der Waals surface area contributed by atoms with Crippen LogP contribution in [0, 0.1) is 5.82 Å². The van der Waals surface area contributed by atoms with Crippen LogP contribution in [0.5, 0.6) is 5.75 Å². The molecule has 1 aliphatic heterocycles. The molecule has 1 heterocycles. The van der Waals surface area contributed by atoms with Gasteiger partial charge in [-0.2, -0.15) is 13.2 Å². The molecule has 11 heteroatoms. The number of ether oxygens (including phenoxy) is 1. The first-order valence-electron chi connectivity index (χ1n) is 8.49. The van der Waals surface area contributed by atoms with Crippen molar-refractivity contribution in [2.45, 2.75) is 30.0 Å². The minimum atomic E-state index is -6.09. The third-order valence-corrected chi connectivity index (χ3v) is 8.29. The van der Waals surface area contributed by atoms with Gasteiger partial charge in [-0.1, -0.05) is 36.0 Å². The smallest absolute Gasteiger partial charge is 0.485 e. The van der Waals surface area contributed by atoms with Gasteiger partial charge in [0.15, 0.2) is 36.4 Å². The molecule has 0 bridgehead atoms. The molecule has 0 spiro atoms. The molecule has 0 N–H and O–H groups in total. The van der Waals surface area contributed by atoms with E-state index in [1.807, 2.05) is 18.2 Å². The van der Waals surface area contributed by atoms with Crippen molar-refractivity contribution in [2.75, 3.05) is 7.11 Å². The Morgan fingerprint density at radius 3 is 1.84 bits per heavy atom. The van der Waals surface area contributed by atoms with E-state index >= 15 is 0 Å². The Kier molecular flexibility index (Phi) is 6.89. The van der Waals surface area contributed by atoms with Gasteiger partial charge in [-0.05, 0) is 36.4 Å². The van der Waals surface area contributed by atoms with Gasteiger partial charge in [0.05, 0.1) is 16.9 Å². The second kappa shape index (κ2) is 9.11. The van der Waals surface area contributed by atoms with E-state index in [4.69, 9.17) is 17.7 Å². The number of benzene rings is 3. The summed E-state index contributed by atoms with van der Waals surface area (Å²) in [5.74, 6) is -0.0315. The molecule has 0 aromatic heterocycles. The van der Waals surface area contributed by atoms with Gasteiger partial charge >= 0.3 is 5.51 Å². The van der Waals surface area contributed by atoms with E-state index in [1.165, 1.54) is 26.7 Å². The van der Waals surface area contributed by atoms with Gasteiger partial charge in [0, 0.05) is 6.07 Å². The van der Waals surface area contributed by atoms with Crippen LogP contribution in [0.1, 0.15) is 0 Å². The summed E-state index contributed by atoms with van der Waals surface area (Å²) in [5.41, 5.74) is -5.65. The largest absolute Gasteiger partial charge is 0.741 e. The van der Waals surface area contributed by atoms with E-state index in [9.17, 15) is 17.6 Å². The average molecular weight is 491 g/mol. The molecule has 0 aliphatic carbocycles. The van der Waals surface area contributed by atoms with Crippen LogP contribution >= 0.6 is 11.8 Å². The van der Waals surface area contributed by atoms with Crippen LogP contribution in [0.15, 0.2) is 91.2 Å². The second-order valence-electron chi connectivity index (χ2n) is 6.00. The summed E-state index contributed by atoms with van der Waals surface area (Å²) >= 11 is 1.78. The van der Waals surface area contributed by atoms with Gasteiger partial charge in [0.2, 0.25) is 0 Å². The molecule has 1 aliphatic rings. The highest BCUT2D eigenvalue weighted by atomic mass is 32.2. The lowest BCUT2D eigenvalue weighted by Crippen LogP contribution is -2.21. The Morgan fingerprint density at radius 2 is 1.42 bits per heavy atom. The molecule has 0 atom stereocenters. The van der Waals surface area contributed by atoms with Crippen molar-refractivity contribution < 1.29 is 35.3 Å². The molecule has 0 radical (unpaired) electrons. The summed E-state index contributed by atoms with van der Waals surface area (Å²) in [7, 11) is -4.90. The fourth-order valence-electron chi connectivity index (χ4n) is 2.67. The molecule has 31 heavy (non-hydrogen) atoms. The number of hydrogen-bond acceptors (Lipinski definition) is 5. The molecule has 0 fully saturated rings. The zero-order chi connectivity index (χ0) is 22.8. The third-order valence-electron chi connectivity index (χ3n) is 4.00. The standard InChI is InChI=1S/C19H14FOS2.CHF3O3S/c1-21-15-11-10-13(12-14(15)20)23-18-8-4-2-6-16(18)22-17-7-3-5-9-19(17)23;2-1(3,4)8(5,6)7/h2-12H,1H3;(H,5,6,7)/q+1;/p-1. The molecule has 3 aromatic rings. The fraction of sp³-hybridized carbons (Fsp3) is 0.100. The number of halogens is 4. The maximum Gasteiger partial charge on any atom is 0.485 e. The molecule has 164 valence electrons. The van der Waals surface area contributed by atoms with Gasteiger partial charge in [-0.25, -0.2) is 12.8 Å². The SMILES string of the molecule is COc1ccc([S+]2c3ccccc3Sc3ccccc32)cc1F.O=S(=O)([O-])C(F)(F)F. The molecule has 4 nitrogen and oxygen atoms in total. The van der Waals surface area contributed by atoms with Gasteiger partial charge in [-0.3, -0.25) is 0 Å². The van der Waals surface area contributed by atoms with Crippen molar-refractivity contribution >= 4 is 32.8 Å². The maximum atomic E-state index is 14.2. The Hall–Kier alpha value is -2.21. The first kappa shape index (κ1) is 23.5. The number of hydrogen-bond donors (Lipinski definition) is 0. The van der Waals surface area contributed by atoms with E-state index in [1.54, 1.807) is 23.9 Å². The van der Waals surface area contributed by atoms with Gasteiger partial charge in [0.1, 0.15) is 10.9 Å². The van der Waals surface area contributed by atoms with E-state index in [0.717, 1.165) is 4.90 Å². The lowest BCUT2D eigenvalue weighted by Gasteiger charge is -2.18. The van der Waals surface area contributed by atoms with E-state index in [2.05, 4.69) is 36.4 Å². The lowest BCUT2D eigenvalue weighted by molar-refractivity contribution is -0.0517. The van der Waals surface area contributed by atoms with Gasteiger partial charge in [0.25, 0.3) is 0 Å².